The lowest BCUT2D eigenvalue weighted by Gasteiger charge is -2.61. The first-order chi connectivity index (χ1) is 16.5. The first-order valence-corrected chi connectivity index (χ1v) is 14.9. The molecule has 188 valence electrons. The molecule has 1 saturated heterocycles. The van der Waals surface area contributed by atoms with Crippen molar-refractivity contribution in [3.8, 4) is 0 Å². The SMILES string of the molecule is CC(C)(C)OC(=O)NC12C[C@@H]3CN[C@@H]1[C@H](O[Si](c1ccccc1)(c1ccccc1)C(C)(C)C)[C@H]2C3. The Kier molecular flexibility index (Phi) is 5.93. The van der Waals surface area contributed by atoms with E-state index < -0.39 is 13.9 Å². The summed E-state index contributed by atoms with van der Waals surface area (Å²) in [7, 11) is -2.68. The van der Waals surface area contributed by atoms with Crippen LogP contribution in [-0.4, -0.2) is 44.2 Å². The van der Waals surface area contributed by atoms with Crippen molar-refractivity contribution in [1.82, 2.24) is 10.6 Å². The summed E-state index contributed by atoms with van der Waals surface area (Å²) >= 11 is 0. The van der Waals surface area contributed by atoms with Crippen LogP contribution in [0.1, 0.15) is 54.4 Å². The average Bonchev–Trinajstić information content (AvgIpc) is 2.89. The van der Waals surface area contributed by atoms with Crippen molar-refractivity contribution >= 4 is 24.8 Å². The highest BCUT2D eigenvalue weighted by molar-refractivity contribution is 6.99. The molecule has 1 aliphatic heterocycles. The van der Waals surface area contributed by atoms with E-state index in [4.69, 9.17) is 9.16 Å². The maximum atomic E-state index is 12.9. The second kappa shape index (κ2) is 8.46. The standard InChI is InChI=1S/C29H40N2O3Si/c1-27(2,3)33-26(32)31-29-18-20-17-23(29)24(25(29)30-19-20)34-35(28(4,5)6,21-13-9-7-10-14-21)22-15-11-8-12-16-22/h7-16,20,23-25,30H,17-19H2,1-6H3,(H,31,32)/t20-,23-,24-,25-,29?/m1/s1. The average molecular weight is 493 g/mol. The molecule has 35 heavy (non-hydrogen) atoms. The van der Waals surface area contributed by atoms with Crippen LogP contribution in [0.2, 0.25) is 5.04 Å². The molecule has 5 nitrogen and oxygen atoms in total. The third kappa shape index (κ3) is 4.04. The largest absolute Gasteiger partial charge is 0.444 e. The Labute approximate surface area is 211 Å². The summed E-state index contributed by atoms with van der Waals surface area (Å²) in [5.41, 5.74) is -0.808. The highest BCUT2D eigenvalue weighted by Gasteiger charge is 2.71. The Balaban J connectivity index is 1.53. The molecule has 2 N–H and O–H groups in total. The quantitative estimate of drug-likeness (QED) is 0.614. The van der Waals surface area contributed by atoms with Gasteiger partial charge in [0, 0.05) is 5.92 Å². The van der Waals surface area contributed by atoms with Crippen molar-refractivity contribution in [3.63, 3.8) is 0 Å². The summed E-state index contributed by atoms with van der Waals surface area (Å²) < 4.78 is 13.2. The molecule has 3 fully saturated rings. The predicted octanol–water partition coefficient (Wildman–Crippen LogP) is 4.21. The molecule has 2 bridgehead atoms. The number of benzene rings is 2. The zero-order valence-electron chi connectivity index (χ0n) is 21.9. The minimum absolute atomic E-state index is 0.0451. The molecule has 2 aromatic rings. The van der Waals surface area contributed by atoms with Crippen LogP contribution < -0.4 is 21.0 Å². The molecular formula is C29H40N2O3Si. The summed E-state index contributed by atoms with van der Waals surface area (Å²) in [4.78, 5) is 12.9. The molecule has 5 atom stereocenters. The fourth-order valence-corrected chi connectivity index (χ4v) is 11.7. The summed E-state index contributed by atoms with van der Waals surface area (Å²) in [6, 6.07) is 21.7. The molecule has 2 aliphatic carbocycles. The first-order valence-electron chi connectivity index (χ1n) is 13.0. The third-order valence-corrected chi connectivity index (χ3v) is 13.3. The van der Waals surface area contributed by atoms with Crippen molar-refractivity contribution < 1.29 is 14.0 Å². The predicted molar refractivity (Wildman–Crippen MR) is 143 cm³/mol. The van der Waals surface area contributed by atoms with Crippen LogP contribution in [0.3, 0.4) is 0 Å². The molecule has 6 heteroatoms. The molecule has 1 amide bonds. The molecule has 0 spiro atoms. The van der Waals surface area contributed by atoms with E-state index in [9.17, 15) is 4.79 Å². The molecule has 0 radical (unpaired) electrons. The molecule has 1 heterocycles. The Morgan fingerprint density at radius 2 is 1.54 bits per heavy atom. The molecule has 3 aliphatic rings. The second-order valence-electron chi connectivity index (χ2n) is 12.7. The van der Waals surface area contributed by atoms with Crippen LogP contribution >= 0.6 is 0 Å². The van der Waals surface area contributed by atoms with E-state index in [0.29, 0.717) is 5.92 Å². The Hall–Kier alpha value is -2.15. The number of hydrogen-bond donors (Lipinski definition) is 2. The Morgan fingerprint density at radius 3 is 2.06 bits per heavy atom. The number of carbonyl (C=O) groups excluding carboxylic acids is 1. The Morgan fingerprint density at radius 1 is 0.971 bits per heavy atom. The zero-order chi connectivity index (χ0) is 25.1. The van der Waals surface area contributed by atoms with E-state index in [0.717, 1.165) is 19.4 Å². The zero-order valence-corrected chi connectivity index (χ0v) is 22.9. The lowest BCUT2D eigenvalue weighted by Crippen LogP contribution is -2.83. The molecule has 2 saturated carbocycles. The van der Waals surface area contributed by atoms with Gasteiger partial charge in [-0.05, 0) is 61.5 Å². The van der Waals surface area contributed by atoms with Gasteiger partial charge in [0.1, 0.15) is 5.60 Å². The fraction of sp³-hybridized carbons (Fsp3) is 0.552. The van der Waals surface area contributed by atoms with Gasteiger partial charge in [-0.15, -0.1) is 0 Å². The molecular weight excluding hydrogens is 452 g/mol. The number of hydrogen-bond acceptors (Lipinski definition) is 4. The summed E-state index contributed by atoms with van der Waals surface area (Å²) in [5, 5.41) is 9.61. The van der Waals surface area contributed by atoms with Gasteiger partial charge in [0.2, 0.25) is 0 Å². The molecule has 0 aromatic heterocycles. The van der Waals surface area contributed by atoms with E-state index in [2.05, 4.69) is 92.1 Å². The molecule has 1 unspecified atom stereocenters. The van der Waals surface area contributed by atoms with Gasteiger partial charge in [0.05, 0.1) is 17.7 Å². The van der Waals surface area contributed by atoms with E-state index >= 15 is 0 Å². The summed E-state index contributed by atoms with van der Waals surface area (Å²) in [6.45, 7) is 13.7. The van der Waals surface area contributed by atoms with Crippen molar-refractivity contribution in [3.05, 3.63) is 60.7 Å². The van der Waals surface area contributed by atoms with E-state index in [1.54, 1.807) is 0 Å². The lowest BCUT2D eigenvalue weighted by atomic mass is 9.61. The number of rotatable bonds is 5. The first kappa shape index (κ1) is 24.5. The highest BCUT2D eigenvalue weighted by Crippen LogP contribution is 2.58. The maximum absolute atomic E-state index is 12.9. The van der Waals surface area contributed by atoms with Crippen molar-refractivity contribution in [2.75, 3.05) is 6.54 Å². The minimum Gasteiger partial charge on any atom is -0.444 e. The fourth-order valence-electron chi connectivity index (χ4n) is 6.98. The van der Waals surface area contributed by atoms with E-state index in [1.807, 2.05) is 20.8 Å². The van der Waals surface area contributed by atoms with Crippen LogP contribution in [0.5, 0.6) is 0 Å². The summed E-state index contributed by atoms with van der Waals surface area (Å²) in [6.07, 6.45) is 1.79. The van der Waals surface area contributed by atoms with Crippen molar-refractivity contribution in [2.45, 2.75) is 82.7 Å². The minimum atomic E-state index is -2.68. The van der Waals surface area contributed by atoms with Gasteiger partial charge < -0.3 is 19.8 Å². The molecule has 2 aromatic carbocycles. The van der Waals surface area contributed by atoms with Gasteiger partial charge in [-0.2, -0.15) is 0 Å². The number of piperidine rings is 1. The van der Waals surface area contributed by atoms with Gasteiger partial charge in [0.15, 0.2) is 0 Å². The second-order valence-corrected chi connectivity index (χ2v) is 17.0. The topological polar surface area (TPSA) is 59.6 Å². The van der Waals surface area contributed by atoms with Crippen LogP contribution in [0.4, 0.5) is 4.79 Å². The normalized spacial score (nSPS) is 29.9. The molecule has 5 rings (SSSR count). The van der Waals surface area contributed by atoms with Gasteiger partial charge in [0.25, 0.3) is 8.32 Å². The van der Waals surface area contributed by atoms with Crippen LogP contribution in [0.25, 0.3) is 0 Å². The van der Waals surface area contributed by atoms with Crippen LogP contribution in [0.15, 0.2) is 60.7 Å². The van der Waals surface area contributed by atoms with Gasteiger partial charge in [-0.25, -0.2) is 4.79 Å². The number of ether oxygens (including phenoxy) is 1. The maximum Gasteiger partial charge on any atom is 0.408 e. The van der Waals surface area contributed by atoms with Crippen molar-refractivity contribution in [2.24, 2.45) is 11.8 Å². The highest BCUT2D eigenvalue weighted by atomic mass is 28.4. The van der Waals surface area contributed by atoms with E-state index in [1.165, 1.54) is 10.4 Å². The number of amides is 1. The smallest absolute Gasteiger partial charge is 0.408 e. The number of carbonyl (C=O) groups is 1. The van der Waals surface area contributed by atoms with E-state index in [-0.39, 0.29) is 34.7 Å². The van der Waals surface area contributed by atoms with Crippen molar-refractivity contribution in [1.29, 1.82) is 0 Å². The van der Waals surface area contributed by atoms with Gasteiger partial charge in [-0.1, -0.05) is 81.4 Å². The number of fused-ring (bicyclic) bond motifs is 1. The lowest BCUT2D eigenvalue weighted by molar-refractivity contribution is -0.0834. The number of alkyl carbamates (subject to hydrolysis) is 1. The van der Waals surface area contributed by atoms with Crippen LogP contribution in [-0.2, 0) is 9.16 Å². The van der Waals surface area contributed by atoms with Crippen LogP contribution in [0, 0.1) is 11.8 Å². The Bertz CT molecular complexity index is 1020. The van der Waals surface area contributed by atoms with Gasteiger partial charge >= 0.3 is 6.09 Å². The number of nitrogens with one attached hydrogen (secondary N) is 2. The summed E-state index contributed by atoms with van der Waals surface area (Å²) in [5.74, 6) is 0.834. The third-order valence-electron chi connectivity index (χ3n) is 8.25. The monoisotopic (exact) mass is 492 g/mol. The van der Waals surface area contributed by atoms with Gasteiger partial charge in [-0.3, -0.25) is 0 Å².